The van der Waals surface area contributed by atoms with E-state index < -0.39 is 29.1 Å². The maximum absolute atomic E-state index is 13.1. The van der Waals surface area contributed by atoms with Crippen molar-refractivity contribution in [3.63, 3.8) is 0 Å². The van der Waals surface area contributed by atoms with E-state index in [4.69, 9.17) is 9.47 Å². The molecule has 5 nitrogen and oxygen atoms in total. The first-order valence-electron chi connectivity index (χ1n) is 10.9. The molecule has 152 valence electrons. The minimum Gasteiger partial charge on any atom is -0.456 e. The first-order valence-corrected chi connectivity index (χ1v) is 10.9. The molecule has 0 amide bonds. The van der Waals surface area contributed by atoms with E-state index in [9.17, 15) is 14.4 Å². The van der Waals surface area contributed by atoms with Gasteiger partial charge in [0.1, 0.15) is 11.4 Å². The molecule has 6 bridgehead atoms. The van der Waals surface area contributed by atoms with Gasteiger partial charge in [0.25, 0.3) is 0 Å². The van der Waals surface area contributed by atoms with Crippen LogP contribution in [0.15, 0.2) is 12.2 Å². The number of esters is 2. The van der Waals surface area contributed by atoms with Crippen molar-refractivity contribution >= 4 is 17.7 Å². The highest BCUT2D eigenvalue weighted by molar-refractivity contribution is 5.97. The summed E-state index contributed by atoms with van der Waals surface area (Å²) in [5.74, 6) is 0.612. The molecule has 28 heavy (non-hydrogen) atoms. The number of carbonyl (C=O) groups is 3. The molecule has 6 aliphatic rings. The number of carbonyl (C=O) groups excluding carboxylic acids is 3. The summed E-state index contributed by atoms with van der Waals surface area (Å²) in [7, 11) is 0. The van der Waals surface area contributed by atoms with Crippen molar-refractivity contribution in [2.24, 2.45) is 41.4 Å². The SMILES string of the molecule is CC(C)(OC(=O)C1CC2C=CC1C2=O)C(=O)OC1(C)C2CC3CC(C2)CC1C3. The Labute approximate surface area is 166 Å². The Bertz CT molecular complexity index is 735. The third-order valence-corrected chi connectivity index (χ3v) is 8.41. The lowest BCUT2D eigenvalue weighted by Gasteiger charge is -2.59. The molecule has 0 N–H and O–H groups in total. The third-order valence-electron chi connectivity index (χ3n) is 8.41. The van der Waals surface area contributed by atoms with Crippen LogP contribution in [0.4, 0.5) is 0 Å². The molecule has 5 saturated carbocycles. The number of hydrogen-bond donors (Lipinski definition) is 0. The maximum Gasteiger partial charge on any atom is 0.350 e. The van der Waals surface area contributed by atoms with E-state index in [0.717, 1.165) is 37.5 Å². The number of fused-ring (bicyclic) bond motifs is 2. The second-order valence-corrected chi connectivity index (χ2v) is 10.6. The number of ketones is 1. The van der Waals surface area contributed by atoms with Crippen LogP contribution in [0, 0.1) is 41.4 Å². The summed E-state index contributed by atoms with van der Waals surface area (Å²) in [6.07, 6.45) is 10.1. The quantitative estimate of drug-likeness (QED) is 0.547. The lowest BCUT2D eigenvalue weighted by molar-refractivity contribution is -0.220. The Balaban J connectivity index is 1.26. The van der Waals surface area contributed by atoms with Gasteiger partial charge in [-0.2, -0.15) is 0 Å². The van der Waals surface area contributed by atoms with Crippen molar-refractivity contribution in [2.75, 3.05) is 0 Å². The molecule has 5 heteroatoms. The average molecular weight is 386 g/mol. The zero-order chi connectivity index (χ0) is 19.8. The highest BCUT2D eigenvalue weighted by atomic mass is 16.6. The van der Waals surface area contributed by atoms with Gasteiger partial charge in [-0.05, 0) is 83.0 Å². The molecule has 0 heterocycles. The van der Waals surface area contributed by atoms with Gasteiger partial charge in [-0.3, -0.25) is 9.59 Å². The molecule has 0 radical (unpaired) electrons. The van der Waals surface area contributed by atoms with Crippen LogP contribution in [0.2, 0.25) is 0 Å². The Morgan fingerprint density at radius 1 is 1.00 bits per heavy atom. The predicted octanol–water partition coefficient (Wildman–Crippen LogP) is 3.46. The standard InChI is InChI=1S/C23H30O5/c1-22(2,27-20(25)18-11-14-4-5-17(18)19(14)24)21(26)28-23(3)15-7-12-6-13(9-15)10-16(23)8-12/h4-5,12-18H,6-11H2,1-3H3. The summed E-state index contributed by atoms with van der Waals surface area (Å²) in [4.78, 5) is 37.8. The zero-order valence-corrected chi connectivity index (χ0v) is 17.0. The fraction of sp³-hybridized carbons (Fsp3) is 0.783. The lowest BCUT2D eigenvalue weighted by Crippen LogP contribution is -2.59. The molecule has 6 rings (SSSR count). The molecule has 0 aromatic rings. The number of allylic oxidation sites excluding steroid dienone is 2. The largest absolute Gasteiger partial charge is 0.456 e. The lowest BCUT2D eigenvalue weighted by atomic mass is 9.50. The predicted molar refractivity (Wildman–Crippen MR) is 101 cm³/mol. The monoisotopic (exact) mass is 386 g/mol. The smallest absolute Gasteiger partial charge is 0.350 e. The second-order valence-electron chi connectivity index (χ2n) is 10.6. The number of Topliss-reactive ketones (excluding diaryl/α,β-unsaturated/α-hetero) is 1. The van der Waals surface area contributed by atoms with Crippen LogP contribution in [0.3, 0.4) is 0 Å². The van der Waals surface area contributed by atoms with Crippen molar-refractivity contribution in [2.45, 2.75) is 70.5 Å². The first kappa shape index (κ1) is 18.4. The van der Waals surface area contributed by atoms with Crippen LogP contribution in [0.25, 0.3) is 0 Å². The number of rotatable bonds is 4. The van der Waals surface area contributed by atoms with E-state index in [1.807, 2.05) is 12.2 Å². The molecule has 0 saturated heterocycles. The van der Waals surface area contributed by atoms with E-state index in [1.54, 1.807) is 13.8 Å². The van der Waals surface area contributed by atoms with Gasteiger partial charge in [-0.25, -0.2) is 4.79 Å². The third kappa shape index (κ3) is 2.61. The Kier molecular flexibility index (Phi) is 3.89. The van der Waals surface area contributed by atoms with Crippen LogP contribution >= 0.6 is 0 Å². The Morgan fingerprint density at radius 2 is 1.61 bits per heavy atom. The summed E-state index contributed by atoms with van der Waals surface area (Å²) in [6, 6.07) is 0. The van der Waals surface area contributed by atoms with Gasteiger partial charge >= 0.3 is 11.9 Å². The molecule has 0 spiro atoms. The molecule has 0 aromatic heterocycles. The van der Waals surface area contributed by atoms with Crippen LogP contribution in [-0.4, -0.2) is 28.9 Å². The second kappa shape index (κ2) is 5.93. The first-order chi connectivity index (χ1) is 13.2. The number of hydrogen-bond acceptors (Lipinski definition) is 5. The van der Waals surface area contributed by atoms with Crippen LogP contribution in [-0.2, 0) is 23.9 Å². The minimum atomic E-state index is -1.34. The molecule has 3 atom stereocenters. The fourth-order valence-corrected chi connectivity index (χ4v) is 6.86. The topological polar surface area (TPSA) is 69.7 Å². The van der Waals surface area contributed by atoms with E-state index in [1.165, 1.54) is 6.42 Å². The normalized spacial score (nSPS) is 45.5. The van der Waals surface area contributed by atoms with Crippen molar-refractivity contribution in [1.29, 1.82) is 0 Å². The van der Waals surface area contributed by atoms with E-state index in [-0.39, 0.29) is 17.6 Å². The van der Waals surface area contributed by atoms with E-state index >= 15 is 0 Å². The summed E-state index contributed by atoms with van der Waals surface area (Å²) in [6.45, 7) is 5.31. The highest BCUT2D eigenvalue weighted by Crippen LogP contribution is 2.59. The van der Waals surface area contributed by atoms with Crippen molar-refractivity contribution in [3.8, 4) is 0 Å². The molecule has 3 unspecified atom stereocenters. The summed E-state index contributed by atoms with van der Waals surface area (Å²) >= 11 is 0. The summed E-state index contributed by atoms with van der Waals surface area (Å²) in [5, 5.41) is 0. The van der Waals surface area contributed by atoms with Gasteiger partial charge in [0.15, 0.2) is 0 Å². The van der Waals surface area contributed by atoms with Crippen LogP contribution in [0.5, 0.6) is 0 Å². The summed E-state index contributed by atoms with van der Waals surface area (Å²) < 4.78 is 11.8. The van der Waals surface area contributed by atoms with Gasteiger partial charge in [0.05, 0.1) is 5.92 Å². The van der Waals surface area contributed by atoms with Crippen molar-refractivity contribution < 1.29 is 23.9 Å². The molecule has 5 fully saturated rings. The highest BCUT2D eigenvalue weighted by Gasteiger charge is 2.58. The van der Waals surface area contributed by atoms with Crippen molar-refractivity contribution in [1.82, 2.24) is 0 Å². The summed E-state index contributed by atoms with van der Waals surface area (Å²) in [5.41, 5.74) is -1.79. The van der Waals surface area contributed by atoms with Crippen LogP contribution < -0.4 is 0 Å². The molecule has 6 aliphatic carbocycles. The Morgan fingerprint density at radius 3 is 2.11 bits per heavy atom. The Hall–Kier alpha value is -1.65. The van der Waals surface area contributed by atoms with Crippen molar-refractivity contribution in [3.05, 3.63) is 12.2 Å². The molecule has 0 aliphatic heterocycles. The van der Waals surface area contributed by atoms with Gasteiger partial charge in [0, 0.05) is 11.8 Å². The minimum absolute atomic E-state index is 0.100. The van der Waals surface area contributed by atoms with Gasteiger partial charge in [-0.15, -0.1) is 0 Å². The fourth-order valence-electron chi connectivity index (χ4n) is 6.86. The van der Waals surface area contributed by atoms with Crippen LogP contribution in [0.1, 0.15) is 59.3 Å². The van der Waals surface area contributed by atoms with Gasteiger partial charge < -0.3 is 9.47 Å². The molecular formula is C23H30O5. The average Bonchev–Trinajstić information content (AvgIpc) is 3.14. The maximum atomic E-state index is 13.1. The number of ether oxygens (including phenoxy) is 2. The van der Waals surface area contributed by atoms with E-state index in [0.29, 0.717) is 18.3 Å². The van der Waals surface area contributed by atoms with Gasteiger partial charge in [-0.1, -0.05) is 12.2 Å². The van der Waals surface area contributed by atoms with Gasteiger partial charge in [0.2, 0.25) is 5.60 Å². The van der Waals surface area contributed by atoms with E-state index in [2.05, 4.69) is 6.92 Å². The zero-order valence-electron chi connectivity index (χ0n) is 17.0. The molecule has 0 aromatic carbocycles. The molecular weight excluding hydrogens is 356 g/mol.